The minimum atomic E-state index is -4.79. The van der Waals surface area contributed by atoms with Crippen LogP contribution in [0.2, 0.25) is 0 Å². The maximum Gasteiger partial charge on any atom is 0.573 e. The van der Waals surface area contributed by atoms with E-state index in [1.807, 2.05) is 68.6 Å². The van der Waals surface area contributed by atoms with Crippen molar-refractivity contribution in [3.8, 4) is 16.2 Å². The molecule has 2 fully saturated rings. The molecule has 1 spiro atoms. The maximum atomic E-state index is 13.4. The van der Waals surface area contributed by atoms with Crippen LogP contribution < -0.4 is 4.74 Å². The summed E-state index contributed by atoms with van der Waals surface area (Å²) in [5.74, 6) is -0.443. The fourth-order valence-electron chi connectivity index (χ4n) is 5.83. The van der Waals surface area contributed by atoms with E-state index in [0.717, 1.165) is 34.4 Å². The average molecular weight is 560 g/mol. The highest BCUT2D eigenvalue weighted by molar-refractivity contribution is 7.13. The summed E-state index contributed by atoms with van der Waals surface area (Å²) in [5.41, 5.74) is 1.18. The lowest BCUT2D eigenvalue weighted by Gasteiger charge is -2.47. The summed E-state index contributed by atoms with van der Waals surface area (Å²) in [7, 11) is 0. The molecule has 3 atom stereocenters. The Bertz CT molecular complexity index is 1290. The molecule has 0 aliphatic carbocycles. The molecule has 0 N–H and O–H groups in total. The van der Waals surface area contributed by atoms with Crippen LogP contribution in [0.4, 0.5) is 18.0 Å². The Kier molecular flexibility index (Phi) is 7.41. The molecule has 5 nitrogen and oxygen atoms in total. The van der Waals surface area contributed by atoms with Gasteiger partial charge in [-0.3, -0.25) is 4.90 Å². The van der Waals surface area contributed by atoms with Crippen molar-refractivity contribution >= 4 is 17.4 Å². The van der Waals surface area contributed by atoms with Crippen molar-refractivity contribution in [1.82, 2.24) is 4.90 Å². The first-order chi connectivity index (χ1) is 18.4. The number of likely N-dealkylation sites (tertiary alicyclic amines) is 1. The minimum absolute atomic E-state index is 0.191. The number of hydrogen-bond donors (Lipinski definition) is 0. The molecule has 2 aliphatic rings. The molecule has 208 valence electrons. The summed E-state index contributed by atoms with van der Waals surface area (Å²) in [5, 5.41) is 1.94. The Balaban J connectivity index is 1.53. The lowest BCUT2D eigenvalue weighted by Crippen LogP contribution is -2.53. The fourth-order valence-corrected chi connectivity index (χ4v) is 6.61. The van der Waals surface area contributed by atoms with Crippen LogP contribution in [-0.4, -0.2) is 41.7 Å². The van der Waals surface area contributed by atoms with E-state index in [1.165, 1.54) is 23.5 Å². The summed E-state index contributed by atoms with van der Waals surface area (Å²) < 4.78 is 56.0. The maximum absolute atomic E-state index is 13.4. The number of benzene rings is 2. The summed E-state index contributed by atoms with van der Waals surface area (Å²) >= 11 is 1.53. The zero-order valence-electron chi connectivity index (χ0n) is 22.2. The van der Waals surface area contributed by atoms with Crippen molar-refractivity contribution in [2.75, 3.05) is 13.2 Å². The zero-order valence-corrected chi connectivity index (χ0v) is 23.0. The van der Waals surface area contributed by atoms with E-state index in [2.05, 4.69) is 4.74 Å². The SMILES string of the molecule is CC(C)(C)OC(=O)N1CCC[C@@]2(C[C@H](c3cc(OC(F)(F)F)ccc3-c3cccs3)CO2)[C@@H]1c1ccccc1. The second kappa shape index (κ2) is 10.5. The second-order valence-corrected chi connectivity index (χ2v) is 12.1. The third kappa shape index (κ3) is 6.09. The van der Waals surface area contributed by atoms with E-state index >= 15 is 0 Å². The molecule has 1 amide bonds. The van der Waals surface area contributed by atoms with Crippen molar-refractivity contribution in [3.05, 3.63) is 77.2 Å². The lowest BCUT2D eigenvalue weighted by molar-refractivity contribution is -0.274. The highest BCUT2D eigenvalue weighted by Gasteiger charge is 2.53. The molecule has 9 heteroatoms. The standard InChI is InChI=1S/C30H32F3NO4S/c1-28(2,3)38-27(35)34-15-8-14-29(26(34)20-9-5-4-6-10-20)18-21(19-36-29)24-17-22(37-30(31,32)33)12-13-23(24)25-11-7-16-39-25/h4-7,9-13,16-17,21,26H,8,14-15,18-19H2,1-3H3/t21-,26-,29+/m0/s1. The number of carbonyl (C=O) groups excluding carboxylic acids is 1. The van der Waals surface area contributed by atoms with Gasteiger partial charge < -0.3 is 14.2 Å². The Hall–Kier alpha value is -3.04. The van der Waals surface area contributed by atoms with Crippen molar-refractivity contribution in [2.45, 2.75) is 69.6 Å². The van der Waals surface area contributed by atoms with Gasteiger partial charge >= 0.3 is 12.5 Å². The van der Waals surface area contributed by atoms with Gasteiger partial charge in [-0.1, -0.05) is 36.4 Å². The summed E-state index contributed by atoms with van der Waals surface area (Å²) in [6, 6.07) is 17.8. The van der Waals surface area contributed by atoms with Gasteiger partial charge in [0.2, 0.25) is 0 Å². The Labute approximate surface area is 230 Å². The molecule has 2 aliphatic heterocycles. The second-order valence-electron chi connectivity index (χ2n) is 11.1. The lowest BCUT2D eigenvalue weighted by atomic mass is 9.75. The summed E-state index contributed by atoms with van der Waals surface area (Å²) in [4.78, 5) is 16.1. The van der Waals surface area contributed by atoms with Gasteiger partial charge in [0.05, 0.1) is 18.2 Å². The van der Waals surface area contributed by atoms with Gasteiger partial charge in [-0.05, 0) is 86.4 Å². The molecule has 3 aromatic rings. The number of piperidine rings is 1. The highest BCUT2D eigenvalue weighted by atomic mass is 32.1. The number of amides is 1. The predicted molar refractivity (Wildman–Crippen MR) is 144 cm³/mol. The molecule has 2 saturated heterocycles. The first kappa shape index (κ1) is 27.5. The Morgan fingerprint density at radius 3 is 2.51 bits per heavy atom. The van der Waals surface area contributed by atoms with Crippen molar-refractivity contribution in [3.63, 3.8) is 0 Å². The number of ether oxygens (including phenoxy) is 3. The molecule has 2 aromatic carbocycles. The zero-order chi connectivity index (χ0) is 27.8. The molecule has 1 aromatic heterocycles. The van der Waals surface area contributed by atoms with E-state index in [4.69, 9.17) is 9.47 Å². The van der Waals surface area contributed by atoms with E-state index in [0.29, 0.717) is 19.6 Å². The van der Waals surface area contributed by atoms with E-state index in [1.54, 1.807) is 11.0 Å². The van der Waals surface area contributed by atoms with Crippen LogP contribution in [-0.2, 0) is 9.47 Å². The normalized spacial score (nSPS) is 23.7. The van der Waals surface area contributed by atoms with Crippen LogP contribution in [0.15, 0.2) is 66.0 Å². The molecule has 0 saturated carbocycles. The molecule has 0 unspecified atom stereocenters. The van der Waals surface area contributed by atoms with Crippen LogP contribution in [0.25, 0.3) is 10.4 Å². The van der Waals surface area contributed by atoms with Gasteiger partial charge in [-0.25, -0.2) is 4.79 Å². The summed E-state index contributed by atoms with van der Waals surface area (Å²) in [6.45, 7) is 6.37. The molecule has 0 radical (unpaired) electrons. The number of nitrogens with zero attached hydrogens (tertiary/aromatic N) is 1. The van der Waals surface area contributed by atoms with Gasteiger partial charge in [0.25, 0.3) is 0 Å². The van der Waals surface area contributed by atoms with Gasteiger partial charge in [0.15, 0.2) is 0 Å². The first-order valence-electron chi connectivity index (χ1n) is 13.1. The first-order valence-corrected chi connectivity index (χ1v) is 13.9. The average Bonchev–Trinajstić information content (AvgIpc) is 3.53. The van der Waals surface area contributed by atoms with Crippen molar-refractivity contribution < 1.29 is 32.2 Å². The van der Waals surface area contributed by atoms with E-state index in [-0.39, 0.29) is 11.7 Å². The number of halogens is 3. The Morgan fingerprint density at radius 1 is 1.08 bits per heavy atom. The fraction of sp³-hybridized carbons (Fsp3) is 0.433. The van der Waals surface area contributed by atoms with Crippen LogP contribution in [0.1, 0.15) is 63.1 Å². The minimum Gasteiger partial charge on any atom is -0.444 e. The van der Waals surface area contributed by atoms with Crippen LogP contribution >= 0.6 is 11.3 Å². The quantitative estimate of drug-likeness (QED) is 0.322. The largest absolute Gasteiger partial charge is 0.573 e. The number of alkyl halides is 3. The smallest absolute Gasteiger partial charge is 0.444 e. The van der Waals surface area contributed by atoms with Crippen LogP contribution in [0, 0.1) is 0 Å². The number of thiophene rings is 1. The van der Waals surface area contributed by atoms with Crippen LogP contribution in [0.3, 0.4) is 0 Å². The van der Waals surface area contributed by atoms with E-state index < -0.39 is 29.7 Å². The third-order valence-electron chi connectivity index (χ3n) is 7.20. The molecule has 0 bridgehead atoms. The molecule has 3 heterocycles. The molecular weight excluding hydrogens is 527 g/mol. The molecule has 5 rings (SSSR count). The van der Waals surface area contributed by atoms with Crippen molar-refractivity contribution in [1.29, 1.82) is 0 Å². The Morgan fingerprint density at radius 2 is 1.85 bits per heavy atom. The van der Waals surface area contributed by atoms with Gasteiger partial charge in [0, 0.05) is 17.3 Å². The third-order valence-corrected chi connectivity index (χ3v) is 8.10. The molecule has 39 heavy (non-hydrogen) atoms. The predicted octanol–water partition coefficient (Wildman–Crippen LogP) is 8.33. The number of rotatable bonds is 4. The molecular formula is C30H32F3NO4S. The monoisotopic (exact) mass is 559 g/mol. The number of carbonyl (C=O) groups is 1. The van der Waals surface area contributed by atoms with E-state index in [9.17, 15) is 18.0 Å². The van der Waals surface area contributed by atoms with Crippen LogP contribution in [0.5, 0.6) is 5.75 Å². The topological polar surface area (TPSA) is 48.0 Å². The van der Waals surface area contributed by atoms with Gasteiger partial charge in [0.1, 0.15) is 11.4 Å². The number of hydrogen-bond acceptors (Lipinski definition) is 5. The highest BCUT2D eigenvalue weighted by Crippen LogP contribution is 2.53. The summed E-state index contributed by atoms with van der Waals surface area (Å²) in [6.07, 6.45) is -3.20. The van der Waals surface area contributed by atoms with Gasteiger partial charge in [-0.2, -0.15) is 0 Å². The van der Waals surface area contributed by atoms with Crippen molar-refractivity contribution in [2.24, 2.45) is 0 Å². The van der Waals surface area contributed by atoms with Gasteiger partial charge in [-0.15, -0.1) is 24.5 Å².